The summed E-state index contributed by atoms with van der Waals surface area (Å²) < 4.78 is 15.5. The molecule has 2 heterocycles. The number of hydrogen-bond donors (Lipinski definition) is 2. The molecule has 0 amide bonds. The summed E-state index contributed by atoms with van der Waals surface area (Å²) in [5.41, 5.74) is 1.29. The number of benzene rings is 1. The van der Waals surface area contributed by atoms with Crippen LogP contribution in [0.4, 0.5) is 21.8 Å². The highest BCUT2D eigenvalue weighted by molar-refractivity contribution is 6.32. The third-order valence-corrected chi connectivity index (χ3v) is 3.71. The predicted molar refractivity (Wildman–Crippen MR) is 92.0 cm³/mol. The third kappa shape index (κ3) is 3.62. The smallest absolute Gasteiger partial charge is 0.229 e. The molecule has 8 heteroatoms. The lowest BCUT2D eigenvalue weighted by Gasteiger charge is -2.17. The van der Waals surface area contributed by atoms with E-state index in [1.807, 2.05) is 14.0 Å². The van der Waals surface area contributed by atoms with Crippen LogP contribution in [-0.2, 0) is 7.05 Å². The minimum Gasteiger partial charge on any atom is -0.362 e. The molecule has 0 aliphatic rings. The van der Waals surface area contributed by atoms with Gasteiger partial charge in [-0.25, -0.2) is 9.37 Å². The van der Waals surface area contributed by atoms with Crippen LogP contribution in [0.3, 0.4) is 0 Å². The quantitative estimate of drug-likeness (QED) is 0.733. The van der Waals surface area contributed by atoms with Gasteiger partial charge in [-0.15, -0.1) is 0 Å². The molecule has 0 aliphatic heterocycles. The van der Waals surface area contributed by atoms with Gasteiger partial charge < -0.3 is 10.6 Å². The van der Waals surface area contributed by atoms with Crippen molar-refractivity contribution in [3.05, 3.63) is 59.3 Å². The fourth-order valence-corrected chi connectivity index (χ4v) is 2.40. The molecule has 2 N–H and O–H groups in total. The van der Waals surface area contributed by atoms with E-state index in [1.54, 1.807) is 35.3 Å². The van der Waals surface area contributed by atoms with E-state index in [1.165, 1.54) is 12.3 Å². The van der Waals surface area contributed by atoms with Gasteiger partial charge in [0.1, 0.15) is 10.8 Å². The summed E-state index contributed by atoms with van der Waals surface area (Å²) in [6.07, 6.45) is 4.95. The van der Waals surface area contributed by atoms with E-state index in [9.17, 15) is 4.39 Å². The summed E-state index contributed by atoms with van der Waals surface area (Å²) >= 11 is 6.15. The Morgan fingerprint density at radius 2 is 2.04 bits per heavy atom. The van der Waals surface area contributed by atoms with Crippen molar-refractivity contribution < 1.29 is 4.39 Å². The Kier molecular flexibility index (Phi) is 4.61. The van der Waals surface area contributed by atoms with E-state index < -0.39 is 0 Å². The van der Waals surface area contributed by atoms with Crippen molar-refractivity contribution in [2.24, 2.45) is 7.05 Å². The Morgan fingerprint density at radius 1 is 1.25 bits per heavy atom. The van der Waals surface area contributed by atoms with Crippen LogP contribution in [0.25, 0.3) is 0 Å². The summed E-state index contributed by atoms with van der Waals surface area (Å²) in [5, 5.41) is 10.6. The number of nitrogens with zero attached hydrogens (tertiary/aromatic N) is 4. The van der Waals surface area contributed by atoms with Gasteiger partial charge in [0.2, 0.25) is 5.95 Å². The third-order valence-electron chi connectivity index (χ3n) is 3.43. The molecule has 1 unspecified atom stereocenters. The van der Waals surface area contributed by atoms with Crippen LogP contribution in [0.1, 0.15) is 18.5 Å². The maximum absolute atomic E-state index is 13.9. The molecule has 0 aliphatic carbocycles. The largest absolute Gasteiger partial charge is 0.362 e. The average Bonchev–Trinajstić information content (AvgIpc) is 2.96. The maximum Gasteiger partial charge on any atom is 0.229 e. The van der Waals surface area contributed by atoms with Gasteiger partial charge >= 0.3 is 0 Å². The lowest BCUT2D eigenvalue weighted by Crippen LogP contribution is -2.11. The molecule has 6 nitrogen and oxygen atoms in total. The van der Waals surface area contributed by atoms with Crippen molar-refractivity contribution >= 4 is 29.1 Å². The van der Waals surface area contributed by atoms with E-state index in [0.29, 0.717) is 22.4 Å². The van der Waals surface area contributed by atoms with Gasteiger partial charge in [-0.1, -0.05) is 29.8 Å². The number of halogens is 2. The monoisotopic (exact) mass is 346 g/mol. The molecular formula is C16H16ClFN6. The highest BCUT2D eigenvalue weighted by Gasteiger charge is 2.13. The normalized spacial score (nSPS) is 12.0. The van der Waals surface area contributed by atoms with E-state index >= 15 is 0 Å². The van der Waals surface area contributed by atoms with Gasteiger partial charge in [-0.05, 0) is 13.0 Å². The van der Waals surface area contributed by atoms with Crippen LogP contribution >= 0.6 is 11.6 Å². The Hall–Kier alpha value is -2.67. The first-order chi connectivity index (χ1) is 11.5. The Bertz CT molecular complexity index is 850. The van der Waals surface area contributed by atoms with Crippen LogP contribution in [0.5, 0.6) is 0 Å². The summed E-state index contributed by atoms with van der Waals surface area (Å²) in [4.78, 5) is 8.48. The second kappa shape index (κ2) is 6.84. The Labute approximate surface area is 143 Å². The molecule has 0 radical (unpaired) electrons. The van der Waals surface area contributed by atoms with E-state index in [0.717, 1.165) is 5.69 Å². The lowest BCUT2D eigenvalue weighted by atomic mass is 10.1. The van der Waals surface area contributed by atoms with Crippen molar-refractivity contribution in [3.63, 3.8) is 0 Å². The fraction of sp³-hybridized carbons (Fsp3) is 0.188. The maximum atomic E-state index is 13.9. The first-order valence-electron chi connectivity index (χ1n) is 7.32. The molecule has 3 rings (SSSR count). The Morgan fingerprint density at radius 3 is 2.75 bits per heavy atom. The second-order valence-corrected chi connectivity index (χ2v) is 5.71. The zero-order valence-electron chi connectivity index (χ0n) is 13.2. The van der Waals surface area contributed by atoms with Crippen molar-refractivity contribution in [3.8, 4) is 0 Å². The van der Waals surface area contributed by atoms with Crippen LogP contribution in [0.2, 0.25) is 5.02 Å². The molecule has 24 heavy (non-hydrogen) atoms. The molecule has 0 bridgehead atoms. The SMILES string of the molecule is CC(Nc1nc(Nc2cnn(C)c2)ncc1Cl)c1ccccc1F. The van der Waals surface area contributed by atoms with Gasteiger partial charge in [-0.3, -0.25) is 4.68 Å². The van der Waals surface area contributed by atoms with Crippen molar-refractivity contribution in [1.82, 2.24) is 19.7 Å². The fourth-order valence-electron chi connectivity index (χ4n) is 2.25. The summed E-state index contributed by atoms with van der Waals surface area (Å²) in [5.74, 6) is 0.515. The highest BCUT2D eigenvalue weighted by Crippen LogP contribution is 2.26. The van der Waals surface area contributed by atoms with Gasteiger partial charge in [0.05, 0.1) is 24.1 Å². The lowest BCUT2D eigenvalue weighted by molar-refractivity contribution is 0.600. The molecule has 0 saturated heterocycles. The van der Waals surface area contributed by atoms with Crippen molar-refractivity contribution in [2.45, 2.75) is 13.0 Å². The van der Waals surface area contributed by atoms with E-state index in [2.05, 4.69) is 25.7 Å². The number of rotatable bonds is 5. The van der Waals surface area contributed by atoms with E-state index in [4.69, 9.17) is 11.6 Å². The molecule has 0 fully saturated rings. The van der Waals surface area contributed by atoms with Crippen LogP contribution in [-0.4, -0.2) is 19.7 Å². The molecule has 0 saturated carbocycles. The molecule has 0 spiro atoms. The second-order valence-electron chi connectivity index (χ2n) is 5.31. The molecule has 3 aromatic rings. The van der Waals surface area contributed by atoms with Gasteiger partial charge in [-0.2, -0.15) is 10.1 Å². The molecule has 1 atom stereocenters. The van der Waals surface area contributed by atoms with Crippen molar-refractivity contribution in [1.29, 1.82) is 0 Å². The zero-order valence-corrected chi connectivity index (χ0v) is 13.9. The molecule has 124 valence electrons. The first-order valence-corrected chi connectivity index (χ1v) is 7.70. The van der Waals surface area contributed by atoms with Gasteiger partial charge in [0, 0.05) is 18.8 Å². The standard InChI is InChI=1S/C16H16ClFN6/c1-10(12-5-3-4-6-14(12)18)21-15-13(17)8-19-16(23-15)22-11-7-20-24(2)9-11/h3-10H,1-2H3,(H2,19,21,22,23). The Balaban J connectivity index is 1.80. The van der Waals surface area contributed by atoms with Gasteiger partial charge in [0.25, 0.3) is 0 Å². The topological polar surface area (TPSA) is 67.7 Å². The van der Waals surface area contributed by atoms with Crippen LogP contribution in [0, 0.1) is 5.82 Å². The van der Waals surface area contributed by atoms with Crippen LogP contribution < -0.4 is 10.6 Å². The number of aryl methyl sites for hydroxylation is 1. The number of aromatic nitrogens is 4. The number of anilines is 3. The van der Waals surface area contributed by atoms with Crippen LogP contribution in [0.15, 0.2) is 42.9 Å². The summed E-state index contributed by atoms with van der Waals surface area (Å²) in [6.45, 7) is 1.84. The first kappa shape index (κ1) is 16.2. The molecular weight excluding hydrogens is 331 g/mol. The van der Waals surface area contributed by atoms with Crippen molar-refractivity contribution in [2.75, 3.05) is 10.6 Å². The minimum absolute atomic E-state index is 0.281. The van der Waals surface area contributed by atoms with Gasteiger partial charge in [0.15, 0.2) is 5.82 Å². The minimum atomic E-state index is -0.301. The molecule has 2 aromatic heterocycles. The summed E-state index contributed by atoms with van der Waals surface area (Å²) in [6, 6.07) is 6.28. The zero-order chi connectivity index (χ0) is 17.1. The highest BCUT2D eigenvalue weighted by atomic mass is 35.5. The van der Waals surface area contributed by atoms with E-state index in [-0.39, 0.29) is 11.9 Å². The average molecular weight is 347 g/mol. The summed E-state index contributed by atoms with van der Waals surface area (Å²) in [7, 11) is 1.82. The molecule has 1 aromatic carbocycles. The number of hydrogen-bond acceptors (Lipinski definition) is 5. The number of nitrogens with one attached hydrogen (secondary N) is 2. The predicted octanol–water partition coefficient (Wildman–Crippen LogP) is 3.92.